The van der Waals surface area contributed by atoms with Crippen LogP contribution >= 0.6 is 0 Å². The third-order valence-corrected chi connectivity index (χ3v) is 3.84. The zero-order valence-electron chi connectivity index (χ0n) is 15.6. The molecule has 0 saturated heterocycles. The van der Waals surface area contributed by atoms with Crippen LogP contribution in [0.4, 0.5) is 18.9 Å². The van der Waals surface area contributed by atoms with Gasteiger partial charge in [0.2, 0.25) is 0 Å². The van der Waals surface area contributed by atoms with E-state index >= 15 is 0 Å². The van der Waals surface area contributed by atoms with Crippen LogP contribution in [0.2, 0.25) is 0 Å². The number of nitriles is 1. The van der Waals surface area contributed by atoms with Crippen LogP contribution in [0, 0.1) is 18.3 Å². The zero-order chi connectivity index (χ0) is 21.6. The fourth-order valence-corrected chi connectivity index (χ4v) is 2.26. The van der Waals surface area contributed by atoms with Crippen molar-refractivity contribution >= 4 is 23.6 Å². The number of hydrogen-bond donors (Lipinski definition) is 1. The maximum absolute atomic E-state index is 12.7. The maximum Gasteiger partial charge on any atom is 0.416 e. The highest BCUT2D eigenvalue weighted by molar-refractivity contribution is 6.01. The van der Waals surface area contributed by atoms with E-state index in [1.807, 2.05) is 6.92 Å². The summed E-state index contributed by atoms with van der Waals surface area (Å²) in [5, 5.41) is 11.4. The van der Waals surface area contributed by atoms with Gasteiger partial charge in [-0.1, -0.05) is 35.9 Å². The van der Waals surface area contributed by atoms with Gasteiger partial charge in [0.15, 0.2) is 6.10 Å². The fraction of sp³-hybridized carbons (Fsp3) is 0.190. The number of carbonyl (C=O) groups is 2. The molecule has 2 aromatic carbocycles. The Kier molecular flexibility index (Phi) is 6.78. The number of rotatable bonds is 5. The number of ether oxygens (including phenoxy) is 1. The maximum atomic E-state index is 12.7. The number of hydrogen-bond acceptors (Lipinski definition) is 4. The first kappa shape index (κ1) is 21.7. The summed E-state index contributed by atoms with van der Waals surface area (Å²) in [7, 11) is 0. The van der Waals surface area contributed by atoms with Crippen molar-refractivity contribution in [3.63, 3.8) is 0 Å². The van der Waals surface area contributed by atoms with Gasteiger partial charge in [0, 0.05) is 5.69 Å². The Labute approximate surface area is 165 Å². The molecule has 5 nitrogen and oxygen atoms in total. The first-order chi connectivity index (χ1) is 13.6. The Bertz CT molecular complexity index is 974. The number of nitrogens with one attached hydrogen (secondary N) is 1. The van der Waals surface area contributed by atoms with Gasteiger partial charge in [0.05, 0.1) is 5.56 Å². The predicted octanol–water partition coefficient (Wildman–Crippen LogP) is 4.49. The number of esters is 1. The summed E-state index contributed by atoms with van der Waals surface area (Å²) in [4.78, 5) is 24.3. The van der Waals surface area contributed by atoms with E-state index in [0.717, 1.165) is 23.8 Å². The summed E-state index contributed by atoms with van der Waals surface area (Å²) in [5.41, 5.74) is 0.275. The van der Waals surface area contributed by atoms with Gasteiger partial charge in [-0.3, -0.25) is 4.79 Å². The van der Waals surface area contributed by atoms with Gasteiger partial charge in [-0.05, 0) is 43.7 Å². The van der Waals surface area contributed by atoms with Crippen LogP contribution in [0.15, 0.2) is 54.1 Å². The number of amides is 1. The molecule has 0 spiro atoms. The number of nitrogens with zero attached hydrogens (tertiary/aromatic N) is 1. The molecule has 0 fully saturated rings. The van der Waals surface area contributed by atoms with Gasteiger partial charge in [0.25, 0.3) is 5.91 Å². The van der Waals surface area contributed by atoms with Crippen LogP contribution in [0.3, 0.4) is 0 Å². The predicted molar refractivity (Wildman–Crippen MR) is 100 cm³/mol. The molecular weight excluding hydrogens is 385 g/mol. The standard InChI is InChI=1S/C21H17F3N2O3/c1-13-6-8-15(9-7-13)10-16(12-25)20(28)29-14(2)19(27)26-18-5-3-4-17(11-18)21(22,23)24/h3-11,14H,1-2H3,(H,26,27)/b16-10+/t14-/m0/s1. The quantitative estimate of drug-likeness (QED) is 0.454. The van der Waals surface area contributed by atoms with Crippen molar-refractivity contribution < 1.29 is 27.5 Å². The highest BCUT2D eigenvalue weighted by Gasteiger charge is 2.30. The average Bonchev–Trinajstić information content (AvgIpc) is 2.66. The molecule has 1 N–H and O–H groups in total. The van der Waals surface area contributed by atoms with E-state index < -0.39 is 29.7 Å². The van der Waals surface area contributed by atoms with Crippen molar-refractivity contribution in [2.24, 2.45) is 0 Å². The summed E-state index contributed by atoms with van der Waals surface area (Å²) in [6.45, 7) is 3.14. The van der Waals surface area contributed by atoms with Crippen LogP contribution in [0.25, 0.3) is 6.08 Å². The van der Waals surface area contributed by atoms with E-state index in [4.69, 9.17) is 4.74 Å². The Hall–Kier alpha value is -3.60. The van der Waals surface area contributed by atoms with Crippen molar-refractivity contribution in [1.82, 2.24) is 0 Å². The lowest BCUT2D eigenvalue weighted by Gasteiger charge is -2.14. The highest BCUT2D eigenvalue weighted by atomic mass is 19.4. The minimum absolute atomic E-state index is 0.0940. The summed E-state index contributed by atoms with van der Waals surface area (Å²) in [6, 6.07) is 12.8. The zero-order valence-corrected chi connectivity index (χ0v) is 15.6. The minimum atomic E-state index is -4.55. The molecule has 29 heavy (non-hydrogen) atoms. The molecule has 2 aromatic rings. The van der Waals surface area contributed by atoms with E-state index in [-0.39, 0.29) is 11.3 Å². The summed E-state index contributed by atoms with van der Waals surface area (Å²) in [6.07, 6.45) is -4.56. The van der Waals surface area contributed by atoms with Gasteiger partial charge in [-0.2, -0.15) is 18.4 Å². The first-order valence-corrected chi connectivity index (χ1v) is 8.47. The number of anilines is 1. The molecule has 1 atom stereocenters. The van der Waals surface area contributed by atoms with E-state index in [2.05, 4.69) is 5.32 Å². The van der Waals surface area contributed by atoms with Crippen LogP contribution in [0.5, 0.6) is 0 Å². The van der Waals surface area contributed by atoms with Crippen molar-refractivity contribution in [2.75, 3.05) is 5.32 Å². The van der Waals surface area contributed by atoms with E-state index in [1.165, 1.54) is 19.1 Å². The monoisotopic (exact) mass is 402 g/mol. The molecule has 0 heterocycles. The topological polar surface area (TPSA) is 79.2 Å². The van der Waals surface area contributed by atoms with Gasteiger partial charge in [-0.25, -0.2) is 4.79 Å². The number of aryl methyl sites for hydroxylation is 1. The summed E-state index contributed by atoms with van der Waals surface area (Å²) in [5.74, 6) is -1.84. The molecule has 0 radical (unpaired) electrons. The molecule has 0 aliphatic carbocycles. The SMILES string of the molecule is Cc1ccc(/C=C(\C#N)C(=O)O[C@@H](C)C(=O)Nc2cccc(C(F)(F)F)c2)cc1. The molecule has 0 bridgehead atoms. The van der Waals surface area contributed by atoms with E-state index in [0.29, 0.717) is 5.56 Å². The summed E-state index contributed by atoms with van der Waals surface area (Å²) >= 11 is 0. The number of alkyl halides is 3. The van der Waals surface area contributed by atoms with Crippen molar-refractivity contribution in [3.8, 4) is 6.07 Å². The third kappa shape index (κ3) is 6.21. The second-order valence-corrected chi connectivity index (χ2v) is 6.20. The number of halogens is 3. The Morgan fingerprint density at radius 3 is 2.41 bits per heavy atom. The lowest BCUT2D eigenvalue weighted by molar-refractivity contribution is -0.148. The van der Waals surface area contributed by atoms with Crippen LogP contribution in [-0.4, -0.2) is 18.0 Å². The van der Waals surface area contributed by atoms with Crippen LogP contribution < -0.4 is 5.32 Å². The molecule has 2 rings (SSSR count). The van der Waals surface area contributed by atoms with Crippen LogP contribution in [-0.2, 0) is 20.5 Å². The Morgan fingerprint density at radius 1 is 1.17 bits per heavy atom. The fourth-order valence-electron chi connectivity index (χ4n) is 2.26. The van der Waals surface area contributed by atoms with Gasteiger partial charge in [-0.15, -0.1) is 0 Å². The van der Waals surface area contributed by atoms with Gasteiger partial charge >= 0.3 is 12.1 Å². The van der Waals surface area contributed by atoms with E-state index in [1.54, 1.807) is 30.3 Å². The molecule has 0 aliphatic heterocycles. The molecule has 0 unspecified atom stereocenters. The van der Waals surface area contributed by atoms with Crippen molar-refractivity contribution in [1.29, 1.82) is 5.26 Å². The lowest BCUT2D eigenvalue weighted by Crippen LogP contribution is -2.30. The number of carbonyl (C=O) groups excluding carboxylic acids is 2. The lowest BCUT2D eigenvalue weighted by atomic mass is 10.1. The molecule has 0 aromatic heterocycles. The van der Waals surface area contributed by atoms with E-state index in [9.17, 15) is 28.0 Å². The number of benzene rings is 2. The highest BCUT2D eigenvalue weighted by Crippen LogP contribution is 2.30. The van der Waals surface area contributed by atoms with Crippen molar-refractivity contribution in [2.45, 2.75) is 26.1 Å². The molecule has 8 heteroatoms. The molecular formula is C21H17F3N2O3. The molecule has 150 valence electrons. The van der Waals surface area contributed by atoms with Crippen LogP contribution in [0.1, 0.15) is 23.6 Å². The summed E-state index contributed by atoms with van der Waals surface area (Å²) < 4.78 is 43.2. The molecule has 1 amide bonds. The smallest absolute Gasteiger partial charge is 0.416 e. The second kappa shape index (κ2) is 9.06. The van der Waals surface area contributed by atoms with Gasteiger partial charge < -0.3 is 10.1 Å². The molecule has 0 saturated carbocycles. The minimum Gasteiger partial charge on any atom is -0.448 e. The Balaban J connectivity index is 2.05. The van der Waals surface area contributed by atoms with Gasteiger partial charge in [0.1, 0.15) is 11.6 Å². The largest absolute Gasteiger partial charge is 0.448 e. The average molecular weight is 402 g/mol. The second-order valence-electron chi connectivity index (χ2n) is 6.20. The normalized spacial score (nSPS) is 12.6. The Morgan fingerprint density at radius 2 is 1.83 bits per heavy atom. The first-order valence-electron chi connectivity index (χ1n) is 8.47. The molecule has 0 aliphatic rings. The van der Waals surface area contributed by atoms with Crippen molar-refractivity contribution in [3.05, 3.63) is 70.8 Å². The third-order valence-electron chi connectivity index (χ3n) is 3.84.